The third-order valence-electron chi connectivity index (χ3n) is 4.64. The lowest BCUT2D eigenvalue weighted by Gasteiger charge is -2.55. The van der Waals surface area contributed by atoms with E-state index in [1.807, 2.05) is 16.5 Å². The van der Waals surface area contributed by atoms with Gasteiger partial charge in [-0.1, -0.05) is 0 Å². The zero-order valence-corrected chi connectivity index (χ0v) is 13.9. The van der Waals surface area contributed by atoms with Crippen LogP contribution in [0.1, 0.15) is 25.8 Å². The fraction of sp³-hybridized carbons (Fsp3) is 0.733. The number of hydrogen-bond acceptors (Lipinski definition) is 5. The van der Waals surface area contributed by atoms with E-state index >= 15 is 0 Å². The van der Waals surface area contributed by atoms with E-state index in [1.54, 1.807) is 18.3 Å². The van der Waals surface area contributed by atoms with Gasteiger partial charge in [-0.25, -0.2) is 4.98 Å². The van der Waals surface area contributed by atoms with Gasteiger partial charge >= 0.3 is 0 Å². The van der Waals surface area contributed by atoms with Crippen molar-refractivity contribution in [3.05, 3.63) is 16.6 Å². The van der Waals surface area contributed by atoms with Crippen molar-refractivity contribution in [1.82, 2.24) is 19.7 Å². The molecule has 1 atom stereocenters. The lowest BCUT2D eigenvalue weighted by Crippen LogP contribution is -2.70. The van der Waals surface area contributed by atoms with Crippen molar-refractivity contribution in [3.8, 4) is 0 Å². The molecule has 0 bridgehead atoms. The van der Waals surface area contributed by atoms with Gasteiger partial charge in [-0.2, -0.15) is 0 Å². The number of amides is 1. The smallest absolute Gasteiger partial charge is 0.219 e. The lowest BCUT2D eigenvalue weighted by molar-refractivity contribution is -0.139. The van der Waals surface area contributed by atoms with E-state index in [1.165, 1.54) is 5.01 Å². The van der Waals surface area contributed by atoms with Gasteiger partial charge in [-0.05, 0) is 13.8 Å². The van der Waals surface area contributed by atoms with E-state index < -0.39 is 0 Å². The highest BCUT2D eigenvalue weighted by Crippen LogP contribution is 2.28. The summed E-state index contributed by atoms with van der Waals surface area (Å²) < 4.78 is 0. The first-order chi connectivity index (χ1) is 9.95. The van der Waals surface area contributed by atoms with E-state index in [0.29, 0.717) is 6.04 Å². The van der Waals surface area contributed by atoms with Crippen LogP contribution in [-0.4, -0.2) is 69.9 Å². The van der Waals surface area contributed by atoms with Gasteiger partial charge in [0.2, 0.25) is 5.91 Å². The monoisotopic (exact) mass is 308 g/mol. The summed E-state index contributed by atoms with van der Waals surface area (Å²) in [5.74, 6) is 0.194. The van der Waals surface area contributed by atoms with Crippen molar-refractivity contribution in [2.45, 2.75) is 38.9 Å². The van der Waals surface area contributed by atoms with Gasteiger partial charge < -0.3 is 4.90 Å². The van der Waals surface area contributed by atoms with Crippen LogP contribution in [0.25, 0.3) is 0 Å². The summed E-state index contributed by atoms with van der Waals surface area (Å²) in [5.41, 5.74) is 0.0713. The standard InChI is InChI=1S/C15H24N4OS/c1-12(20)18-9-13-8-17(10-14-16-4-7-21-14)5-6-19(13)15(2,3)11-18/h4,7,13H,5-6,8-11H2,1-3H3. The Morgan fingerprint density at radius 1 is 1.43 bits per heavy atom. The Kier molecular flexibility index (Phi) is 4.03. The van der Waals surface area contributed by atoms with E-state index in [2.05, 4.69) is 28.6 Å². The van der Waals surface area contributed by atoms with Crippen LogP contribution in [0.5, 0.6) is 0 Å². The fourth-order valence-corrected chi connectivity index (χ4v) is 4.31. The minimum absolute atomic E-state index is 0.0713. The minimum Gasteiger partial charge on any atom is -0.339 e. The van der Waals surface area contributed by atoms with Gasteiger partial charge in [0.1, 0.15) is 5.01 Å². The van der Waals surface area contributed by atoms with E-state index in [4.69, 9.17) is 0 Å². The molecule has 0 aromatic carbocycles. The van der Waals surface area contributed by atoms with Crippen molar-refractivity contribution < 1.29 is 4.79 Å². The highest BCUT2D eigenvalue weighted by molar-refractivity contribution is 7.09. The zero-order chi connectivity index (χ0) is 15.0. The Labute approximate surface area is 130 Å². The molecule has 2 fully saturated rings. The number of aromatic nitrogens is 1. The Balaban J connectivity index is 1.69. The molecular weight excluding hydrogens is 284 g/mol. The van der Waals surface area contributed by atoms with Crippen LogP contribution in [0.4, 0.5) is 0 Å². The number of thiazole rings is 1. The van der Waals surface area contributed by atoms with Crippen molar-refractivity contribution in [1.29, 1.82) is 0 Å². The molecule has 3 heterocycles. The Morgan fingerprint density at radius 2 is 2.24 bits per heavy atom. The summed E-state index contributed by atoms with van der Waals surface area (Å²) >= 11 is 1.72. The first-order valence-corrected chi connectivity index (χ1v) is 8.47. The highest BCUT2D eigenvalue weighted by Gasteiger charge is 2.43. The molecule has 0 N–H and O–H groups in total. The summed E-state index contributed by atoms with van der Waals surface area (Å²) in [6, 6.07) is 0.436. The van der Waals surface area contributed by atoms with Crippen molar-refractivity contribution in [2.75, 3.05) is 32.7 Å². The minimum atomic E-state index is 0.0713. The zero-order valence-electron chi connectivity index (χ0n) is 13.1. The topological polar surface area (TPSA) is 39.7 Å². The third-order valence-corrected chi connectivity index (χ3v) is 5.41. The average Bonchev–Trinajstić information content (AvgIpc) is 2.90. The lowest BCUT2D eigenvalue weighted by atomic mass is 9.92. The third kappa shape index (κ3) is 3.12. The van der Waals surface area contributed by atoms with Gasteiger partial charge in [0.05, 0.1) is 6.54 Å². The molecule has 2 aliphatic rings. The maximum absolute atomic E-state index is 11.8. The van der Waals surface area contributed by atoms with Crippen molar-refractivity contribution >= 4 is 17.2 Å². The average molecular weight is 308 g/mol. The number of fused-ring (bicyclic) bond motifs is 1. The quantitative estimate of drug-likeness (QED) is 0.825. The van der Waals surface area contributed by atoms with Gasteiger partial charge in [-0.15, -0.1) is 11.3 Å². The molecule has 1 aromatic heterocycles. The molecule has 1 aromatic rings. The summed E-state index contributed by atoms with van der Waals surface area (Å²) in [7, 11) is 0. The molecule has 6 heteroatoms. The van der Waals surface area contributed by atoms with Crippen LogP contribution < -0.4 is 0 Å². The Morgan fingerprint density at radius 3 is 2.90 bits per heavy atom. The molecule has 2 aliphatic heterocycles. The largest absolute Gasteiger partial charge is 0.339 e. The molecule has 3 rings (SSSR count). The first-order valence-electron chi connectivity index (χ1n) is 7.59. The van der Waals surface area contributed by atoms with Crippen LogP contribution in [0.3, 0.4) is 0 Å². The number of rotatable bonds is 2. The Bertz CT molecular complexity index is 502. The van der Waals surface area contributed by atoms with E-state index in [-0.39, 0.29) is 11.4 Å². The maximum atomic E-state index is 11.8. The molecule has 21 heavy (non-hydrogen) atoms. The van der Waals surface area contributed by atoms with Crippen molar-refractivity contribution in [2.24, 2.45) is 0 Å². The molecule has 1 amide bonds. The second-order valence-electron chi connectivity index (χ2n) is 6.72. The van der Waals surface area contributed by atoms with E-state index in [9.17, 15) is 4.79 Å². The Hall–Kier alpha value is -0.980. The maximum Gasteiger partial charge on any atom is 0.219 e. The van der Waals surface area contributed by atoms with Crippen LogP contribution in [0.2, 0.25) is 0 Å². The molecule has 2 saturated heterocycles. The van der Waals surface area contributed by atoms with Gasteiger partial charge in [0.25, 0.3) is 0 Å². The molecule has 5 nitrogen and oxygen atoms in total. The number of hydrogen-bond donors (Lipinski definition) is 0. The predicted octanol–water partition coefficient (Wildman–Crippen LogP) is 1.27. The number of carbonyl (C=O) groups is 1. The normalized spacial score (nSPS) is 26.6. The summed E-state index contributed by atoms with van der Waals surface area (Å²) in [6.45, 7) is 12.0. The molecular formula is C15H24N4OS. The van der Waals surface area contributed by atoms with E-state index in [0.717, 1.165) is 39.3 Å². The second-order valence-corrected chi connectivity index (χ2v) is 7.70. The molecule has 0 aliphatic carbocycles. The molecule has 1 unspecified atom stereocenters. The van der Waals surface area contributed by atoms with Gasteiger partial charge in [0, 0.05) is 62.8 Å². The van der Waals surface area contributed by atoms with Crippen LogP contribution >= 0.6 is 11.3 Å². The van der Waals surface area contributed by atoms with Crippen LogP contribution in [0.15, 0.2) is 11.6 Å². The molecule has 0 radical (unpaired) electrons. The summed E-state index contributed by atoms with van der Waals surface area (Å²) in [6.07, 6.45) is 1.87. The van der Waals surface area contributed by atoms with Gasteiger partial charge in [0.15, 0.2) is 0 Å². The number of piperazine rings is 2. The molecule has 116 valence electrons. The summed E-state index contributed by atoms with van der Waals surface area (Å²) in [5, 5.41) is 3.22. The highest BCUT2D eigenvalue weighted by atomic mass is 32.1. The first kappa shape index (κ1) is 14.9. The SMILES string of the molecule is CC(=O)N1CC2CN(Cc3nccs3)CCN2C(C)(C)C1. The van der Waals surface area contributed by atoms with Gasteiger partial charge in [-0.3, -0.25) is 14.6 Å². The molecule has 0 saturated carbocycles. The molecule has 0 spiro atoms. The van der Waals surface area contributed by atoms with Crippen molar-refractivity contribution in [3.63, 3.8) is 0 Å². The number of nitrogens with zero attached hydrogens (tertiary/aromatic N) is 4. The van der Waals surface area contributed by atoms with Crippen LogP contribution in [-0.2, 0) is 11.3 Å². The summed E-state index contributed by atoms with van der Waals surface area (Å²) in [4.78, 5) is 23.2. The van der Waals surface area contributed by atoms with Crippen LogP contribution in [0, 0.1) is 0 Å². The fourth-order valence-electron chi connectivity index (χ4n) is 3.66. The second kappa shape index (κ2) is 5.66. The number of carbonyl (C=O) groups excluding carboxylic acids is 1. The predicted molar refractivity (Wildman–Crippen MR) is 84.2 cm³/mol.